The number of hydrogen-bond donors (Lipinski definition) is 2. The zero-order valence-electron chi connectivity index (χ0n) is 16.7. The highest BCUT2D eigenvalue weighted by Crippen LogP contribution is 2.42. The Morgan fingerprint density at radius 1 is 1.27 bits per heavy atom. The van der Waals surface area contributed by atoms with Crippen LogP contribution < -0.4 is 4.90 Å². The zero-order valence-corrected chi connectivity index (χ0v) is 17.6. The van der Waals surface area contributed by atoms with Gasteiger partial charge in [0.2, 0.25) is 5.95 Å². The lowest BCUT2D eigenvalue weighted by atomic mass is 10.2. The molecule has 8 nitrogen and oxygen atoms in total. The molecule has 0 amide bonds. The molecule has 1 saturated heterocycles. The fraction of sp³-hybridized carbons (Fsp3) is 0.429. The monoisotopic (exact) mass is 421 g/mol. The van der Waals surface area contributed by atoms with E-state index in [4.69, 9.17) is 0 Å². The van der Waals surface area contributed by atoms with Gasteiger partial charge in [0.25, 0.3) is 0 Å². The van der Waals surface area contributed by atoms with E-state index in [0.29, 0.717) is 11.9 Å². The molecule has 3 heterocycles. The first-order valence-corrected chi connectivity index (χ1v) is 11.2. The number of fused-ring (bicyclic) bond motifs is 1. The molecule has 2 aliphatic rings. The van der Waals surface area contributed by atoms with Crippen molar-refractivity contribution in [2.45, 2.75) is 49.1 Å². The summed E-state index contributed by atoms with van der Waals surface area (Å²) in [5.74, 6) is 1.31. The number of H-pyrrole nitrogens is 1. The highest BCUT2D eigenvalue weighted by atomic mass is 32.2. The maximum Gasteiger partial charge on any atom is 0.228 e. The van der Waals surface area contributed by atoms with E-state index < -0.39 is 0 Å². The van der Waals surface area contributed by atoms with Crippen LogP contribution in [0.5, 0.6) is 0 Å². The van der Waals surface area contributed by atoms with Crippen LogP contribution in [0.15, 0.2) is 35.2 Å². The maximum atomic E-state index is 10.9. The van der Waals surface area contributed by atoms with Crippen LogP contribution in [0.25, 0.3) is 16.6 Å². The van der Waals surface area contributed by atoms with E-state index in [1.165, 1.54) is 24.6 Å². The highest BCUT2D eigenvalue weighted by molar-refractivity contribution is 7.99. The Balaban J connectivity index is 1.44. The van der Waals surface area contributed by atoms with Crippen LogP contribution in [0.3, 0.4) is 0 Å². The second-order valence-corrected chi connectivity index (χ2v) is 9.12. The zero-order chi connectivity index (χ0) is 20.7. The van der Waals surface area contributed by atoms with Crippen LogP contribution in [-0.4, -0.2) is 48.2 Å². The molecule has 0 spiro atoms. The molecule has 1 aliphatic carbocycles. The van der Waals surface area contributed by atoms with Gasteiger partial charge < -0.3 is 15.0 Å². The number of allylic oxidation sites excluding steroid dienone is 1. The van der Waals surface area contributed by atoms with Crippen molar-refractivity contribution in [3.63, 3.8) is 0 Å². The van der Waals surface area contributed by atoms with Crippen LogP contribution in [0.4, 0.5) is 5.95 Å². The van der Waals surface area contributed by atoms with Gasteiger partial charge in [-0.25, -0.2) is 4.98 Å². The quantitative estimate of drug-likeness (QED) is 0.351. The number of anilines is 1. The molecule has 1 aromatic carbocycles. The van der Waals surface area contributed by atoms with Gasteiger partial charge in [0.1, 0.15) is 17.4 Å². The number of thioether (sulfide) groups is 1. The number of nitrogens with zero attached hydrogens (tertiary/aromatic N) is 6. The normalized spacial score (nSPS) is 18.5. The molecule has 0 bridgehead atoms. The number of benzene rings is 1. The molecule has 1 atom stereocenters. The van der Waals surface area contributed by atoms with Crippen LogP contribution in [0.1, 0.15) is 44.5 Å². The number of aromatic amines is 1. The molecule has 1 unspecified atom stereocenters. The first-order valence-electron chi connectivity index (χ1n) is 10.3. The van der Waals surface area contributed by atoms with E-state index in [1.807, 2.05) is 31.2 Å². The lowest BCUT2D eigenvalue weighted by molar-refractivity contribution is 0.401. The van der Waals surface area contributed by atoms with E-state index in [9.17, 15) is 10.4 Å². The van der Waals surface area contributed by atoms with Gasteiger partial charge in [0.15, 0.2) is 11.0 Å². The first kappa shape index (κ1) is 19.0. The fourth-order valence-corrected chi connectivity index (χ4v) is 4.83. The Kier molecular flexibility index (Phi) is 4.87. The topological polar surface area (TPSA) is 107 Å². The van der Waals surface area contributed by atoms with E-state index in [1.54, 1.807) is 0 Å². The molecule has 2 N–H and O–H groups in total. The number of aromatic nitrogens is 5. The van der Waals surface area contributed by atoms with E-state index in [2.05, 4.69) is 35.7 Å². The van der Waals surface area contributed by atoms with E-state index in [0.717, 1.165) is 48.1 Å². The van der Waals surface area contributed by atoms with Crippen molar-refractivity contribution in [1.82, 2.24) is 24.7 Å². The minimum absolute atomic E-state index is 0.00498. The SMILES string of the molecule is CC(Sc1nnc(N2CCCC2)n1C1CC1)/C(O)=C(\C#N)c1nc2ccccc2[nH]1. The Bertz CT molecular complexity index is 1110. The minimum atomic E-state index is -0.360. The molecule has 9 heteroatoms. The molecule has 154 valence electrons. The Morgan fingerprint density at radius 2 is 2.03 bits per heavy atom. The van der Waals surface area contributed by atoms with Gasteiger partial charge in [-0.2, -0.15) is 5.26 Å². The number of nitrogens with one attached hydrogen (secondary N) is 1. The number of nitriles is 1. The second kappa shape index (κ2) is 7.69. The van der Waals surface area contributed by atoms with Crippen molar-refractivity contribution in [3.8, 4) is 6.07 Å². The molecular weight excluding hydrogens is 398 g/mol. The molecule has 1 aliphatic heterocycles. The predicted molar refractivity (Wildman–Crippen MR) is 116 cm³/mol. The molecule has 5 rings (SSSR count). The number of aliphatic hydroxyl groups excluding tert-OH is 1. The summed E-state index contributed by atoms with van der Waals surface area (Å²) >= 11 is 1.43. The van der Waals surface area contributed by atoms with Crippen molar-refractivity contribution in [3.05, 3.63) is 35.8 Å². The van der Waals surface area contributed by atoms with Crippen molar-refractivity contribution in [1.29, 1.82) is 5.26 Å². The average molecular weight is 422 g/mol. The van der Waals surface area contributed by atoms with E-state index in [-0.39, 0.29) is 16.6 Å². The minimum Gasteiger partial charge on any atom is -0.510 e. The summed E-state index contributed by atoms with van der Waals surface area (Å²) in [4.78, 5) is 9.88. The Morgan fingerprint density at radius 3 is 2.73 bits per heavy atom. The lowest BCUT2D eigenvalue weighted by Gasteiger charge is -2.18. The summed E-state index contributed by atoms with van der Waals surface area (Å²) in [6.07, 6.45) is 4.63. The van der Waals surface area contributed by atoms with Gasteiger partial charge >= 0.3 is 0 Å². The van der Waals surface area contributed by atoms with Crippen molar-refractivity contribution < 1.29 is 5.11 Å². The summed E-state index contributed by atoms with van der Waals surface area (Å²) in [5, 5.41) is 29.9. The molecule has 3 aromatic rings. The van der Waals surface area contributed by atoms with Crippen LogP contribution >= 0.6 is 11.8 Å². The number of rotatable bonds is 6. The number of aliphatic hydroxyl groups is 1. The first-order chi connectivity index (χ1) is 14.7. The van der Waals surface area contributed by atoms with Gasteiger partial charge in [0.05, 0.1) is 16.3 Å². The standard InChI is InChI=1S/C21H23N7OS/c1-13(18(29)15(12-22)19-23-16-6-2-3-7-17(16)24-19)30-21-26-25-20(27-10-4-5-11-27)28(21)14-8-9-14/h2-3,6-7,13-14,29H,4-5,8-11H2,1H3,(H,23,24)/b18-15-. The van der Waals surface area contributed by atoms with Gasteiger partial charge in [-0.1, -0.05) is 23.9 Å². The average Bonchev–Trinajstić information content (AvgIpc) is 3.15. The van der Waals surface area contributed by atoms with Gasteiger partial charge in [-0.15, -0.1) is 10.2 Å². The number of imidazole rings is 1. The molecule has 30 heavy (non-hydrogen) atoms. The summed E-state index contributed by atoms with van der Waals surface area (Å²) in [6, 6.07) is 10.1. The van der Waals surface area contributed by atoms with Crippen molar-refractivity contribution in [2.24, 2.45) is 0 Å². The molecule has 2 fully saturated rings. The summed E-state index contributed by atoms with van der Waals surface area (Å²) in [6.45, 7) is 3.91. The molecular formula is C21H23N7OS. The van der Waals surface area contributed by atoms with Crippen LogP contribution in [0.2, 0.25) is 0 Å². The molecule has 2 aromatic heterocycles. The molecule has 1 saturated carbocycles. The maximum absolute atomic E-state index is 10.9. The van der Waals surface area contributed by atoms with Gasteiger partial charge in [-0.05, 0) is 44.7 Å². The third-order valence-electron chi connectivity index (χ3n) is 5.61. The highest BCUT2D eigenvalue weighted by Gasteiger charge is 2.33. The van der Waals surface area contributed by atoms with Crippen LogP contribution in [-0.2, 0) is 0 Å². The molecule has 0 radical (unpaired) electrons. The Hall–Kier alpha value is -2.99. The third kappa shape index (κ3) is 3.41. The van der Waals surface area contributed by atoms with Crippen molar-refractivity contribution in [2.75, 3.05) is 18.0 Å². The van der Waals surface area contributed by atoms with Gasteiger partial charge in [-0.3, -0.25) is 4.57 Å². The number of para-hydroxylation sites is 2. The van der Waals surface area contributed by atoms with E-state index >= 15 is 0 Å². The smallest absolute Gasteiger partial charge is 0.228 e. The summed E-state index contributed by atoms with van der Waals surface area (Å²) in [7, 11) is 0. The fourth-order valence-electron chi connectivity index (χ4n) is 3.85. The third-order valence-corrected chi connectivity index (χ3v) is 6.67. The van der Waals surface area contributed by atoms with Gasteiger partial charge in [0, 0.05) is 19.1 Å². The Labute approximate surface area is 178 Å². The summed E-state index contributed by atoms with van der Waals surface area (Å²) in [5.41, 5.74) is 1.75. The summed E-state index contributed by atoms with van der Waals surface area (Å²) < 4.78 is 2.22. The van der Waals surface area contributed by atoms with Crippen LogP contribution in [0, 0.1) is 11.3 Å². The number of hydrogen-bond acceptors (Lipinski definition) is 7. The largest absolute Gasteiger partial charge is 0.510 e. The van der Waals surface area contributed by atoms with Crippen molar-refractivity contribution >= 4 is 34.3 Å². The lowest BCUT2D eigenvalue weighted by Crippen LogP contribution is -2.22. The predicted octanol–water partition coefficient (Wildman–Crippen LogP) is 4.06. The second-order valence-electron chi connectivity index (χ2n) is 7.81.